The van der Waals surface area contributed by atoms with Crippen molar-refractivity contribution in [1.82, 2.24) is 20.2 Å². The van der Waals surface area contributed by atoms with Gasteiger partial charge < -0.3 is 46.8 Å². The zero-order valence-corrected chi connectivity index (χ0v) is 30.5. The van der Waals surface area contributed by atoms with Crippen LogP contribution in [0.5, 0.6) is 11.5 Å². The van der Waals surface area contributed by atoms with Gasteiger partial charge in [-0.05, 0) is 44.2 Å². The summed E-state index contributed by atoms with van der Waals surface area (Å²) < 4.78 is 10.8. The number of ketones is 2. The minimum absolute atomic E-state index is 0.0983. The molecule has 2 aromatic heterocycles. The van der Waals surface area contributed by atoms with Crippen molar-refractivity contribution in [2.75, 3.05) is 26.3 Å². The van der Waals surface area contributed by atoms with Crippen molar-refractivity contribution in [2.24, 2.45) is 11.5 Å². The highest BCUT2D eigenvalue weighted by atomic mass is 35.5. The molecular weight excluding hydrogens is 762 g/mol. The van der Waals surface area contributed by atoms with Crippen LogP contribution in [-0.4, -0.2) is 69.6 Å². The van der Waals surface area contributed by atoms with Crippen LogP contribution >= 0.6 is 46.4 Å². The van der Waals surface area contributed by atoms with Gasteiger partial charge in [0.2, 0.25) is 11.6 Å². The molecule has 14 nitrogen and oxygen atoms in total. The first-order valence-electron chi connectivity index (χ1n) is 15.3. The summed E-state index contributed by atoms with van der Waals surface area (Å²) in [6.07, 6.45) is 2.69. The molecule has 4 rings (SSSR count). The number of benzene rings is 2. The van der Waals surface area contributed by atoms with Crippen LogP contribution in [-0.2, 0) is 19.1 Å². The van der Waals surface area contributed by atoms with Crippen molar-refractivity contribution in [3.63, 3.8) is 0 Å². The highest BCUT2D eigenvalue weighted by molar-refractivity contribution is 6.45. The van der Waals surface area contributed by atoms with Crippen LogP contribution in [0.4, 0.5) is 0 Å². The number of aromatic nitrogens is 2. The van der Waals surface area contributed by atoms with E-state index in [1.54, 1.807) is 13.8 Å². The summed E-state index contributed by atoms with van der Waals surface area (Å²) in [6.45, 7) is 3.51. The number of carbonyl (C=O) groups excluding carboxylic acids is 4. The Hall–Kier alpha value is -5.28. The van der Waals surface area contributed by atoms with Crippen molar-refractivity contribution >= 4 is 81.3 Å². The number of halogens is 4. The number of hydrogen-bond donors (Lipinski definition) is 7. The minimum atomic E-state index is -0.804. The van der Waals surface area contributed by atoms with E-state index in [-0.39, 0.29) is 86.3 Å². The highest BCUT2D eigenvalue weighted by Gasteiger charge is 2.31. The lowest BCUT2D eigenvalue weighted by molar-refractivity contribution is -0.142. The molecule has 52 heavy (non-hydrogen) atoms. The van der Waals surface area contributed by atoms with Crippen LogP contribution in [0, 0.1) is 0 Å². The van der Waals surface area contributed by atoms with Crippen LogP contribution in [0.3, 0.4) is 0 Å². The number of aromatic amines is 1. The average molecular weight is 794 g/mol. The predicted molar refractivity (Wildman–Crippen MR) is 197 cm³/mol. The van der Waals surface area contributed by atoms with Gasteiger partial charge >= 0.3 is 11.9 Å². The number of phenols is 2. The molecule has 0 saturated carbocycles. The second-order valence-electron chi connectivity index (χ2n) is 10.7. The third-order valence-electron chi connectivity index (χ3n) is 7.22. The first-order chi connectivity index (χ1) is 24.7. The van der Waals surface area contributed by atoms with Gasteiger partial charge in [0.25, 0.3) is 0 Å². The van der Waals surface area contributed by atoms with Crippen molar-refractivity contribution in [1.29, 1.82) is 0 Å². The molecule has 274 valence electrons. The Labute approximate surface area is 316 Å². The lowest BCUT2D eigenvalue weighted by atomic mass is 10.0. The standard InChI is InChI=1S/C34H32Cl4N6O8/c1-3-51-26(47)14-41-12-21(39)16-5-7-18(24(45)9-16)31(49)23-11-20(35)34(38)44(23)30-28(36)33(37)43-29(30)32(50)19-8-6-17(10-25(19)46)22(40)13-42-15-27(48)52-4-2/h5-13,41-43,45-46H,3-4,14-15,39-40H2,1-2H3/b21-12-,22-13-. The lowest BCUT2D eigenvalue weighted by Gasteiger charge is -2.14. The molecule has 0 atom stereocenters. The number of nitrogens with zero attached hydrogens (tertiary/aromatic N) is 1. The Balaban J connectivity index is 1.67. The maximum atomic E-state index is 13.9. The van der Waals surface area contributed by atoms with Gasteiger partial charge in [0.1, 0.15) is 45.6 Å². The SMILES string of the molecule is CCOC(=O)CN/C=C(\N)c1ccc(C(=O)c2[nH]c(Cl)c(Cl)c2-n2c(C(=O)c3ccc(/C(N)=C/NCC(=O)OCC)cc3O)cc(Cl)c2Cl)c(O)c1. The maximum Gasteiger partial charge on any atom is 0.325 e. The Morgan fingerprint density at radius 1 is 0.788 bits per heavy atom. The van der Waals surface area contributed by atoms with Gasteiger partial charge in [0.05, 0.1) is 52.1 Å². The molecule has 2 heterocycles. The second-order valence-corrected chi connectivity index (χ2v) is 12.2. The fraction of sp³-hybridized carbons (Fsp3) is 0.176. The smallest absolute Gasteiger partial charge is 0.325 e. The first kappa shape index (κ1) is 39.5. The van der Waals surface area contributed by atoms with E-state index in [9.17, 15) is 29.4 Å². The second kappa shape index (κ2) is 17.3. The molecule has 0 fully saturated rings. The monoisotopic (exact) mass is 792 g/mol. The van der Waals surface area contributed by atoms with Crippen molar-refractivity contribution < 1.29 is 38.9 Å². The molecule has 2 aromatic carbocycles. The summed E-state index contributed by atoms with van der Waals surface area (Å²) in [4.78, 5) is 53.6. The largest absolute Gasteiger partial charge is 0.507 e. The number of carbonyl (C=O) groups is 4. The summed E-state index contributed by atoms with van der Waals surface area (Å²) in [6, 6.07) is 9.21. The van der Waals surface area contributed by atoms with Gasteiger partial charge in [-0.15, -0.1) is 0 Å². The summed E-state index contributed by atoms with van der Waals surface area (Å²) in [7, 11) is 0. The summed E-state index contributed by atoms with van der Waals surface area (Å²) in [5, 5.41) is 26.4. The van der Waals surface area contributed by atoms with Gasteiger partial charge in [-0.2, -0.15) is 0 Å². The van der Waals surface area contributed by atoms with E-state index in [4.69, 9.17) is 67.3 Å². The highest BCUT2D eigenvalue weighted by Crippen LogP contribution is 2.40. The number of rotatable bonds is 15. The molecule has 0 radical (unpaired) electrons. The van der Waals surface area contributed by atoms with E-state index in [0.29, 0.717) is 11.1 Å². The molecule has 0 aliphatic carbocycles. The van der Waals surface area contributed by atoms with E-state index in [2.05, 4.69) is 15.6 Å². The molecule has 0 aliphatic heterocycles. The average Bonchev–Trinajstić information content (AvgIpc) is 3.56. The summed E-state index contributed by atoms with van der Waals surface area (Å²) in [5.41, 5.74) is 12.0. The molecule has 0 saturated heterocycles. The van der Waals surface area contributed by atoms with Crippen molar-refractivity contribution in [3.8, 4) is 17.2 Å². The molecule has 0 amide bonds. The number of nitrogens with two attached hydrogens (primary N) is 2. The van der Waals surface area contributed by atoms with Crippen LogP contribution in [0.1, 0.15) is 57.1 Å². The fourth-order valence-corrected chi connectivity index (χ4v) is 5.64. The van der Waals surface area contributed by atoms with Gasteiger partial charge in [0.15, 0.2) is 0 Å². The molecular formula is C34H32Cl4N6O8. The molecule has 0 unspecified atom stereocenters. The Morgan fingerprint density at radius 2 is 1.27 bits per heavy atom. The lowest BCUT2D eigenvalue weighted by Crippen LogP contribution is -2.21. The molecule has 4 aromatic rings. The van der Waals surface area contributed by atoms with Crippen LogP contribution in [0.15, 0.2) is 54.9 Å². The third kappa shape index (κ3) is 8.77. The first-order valence-corrected chi connectivity index (χ1v) is 16.8. The van der Waals surface area contributed by atoms with Crippen LogP contribution < -0.4 is 22.1 Å². The van der Waals surface area contributed by atoms with Crippen LogP contribution in [0.2, 0.25) is 20.4 Å². The minimum Gasteiger partial charge on any atom is -0.507 e. The summed E-state index contributed by atoms with van der Waals surface area (Å²) in [5.74, 6) is -3.50. The zero-order chi connectivity index (χ0) is 38.3. The topological polar surface area (TPSA) is 224 Å². The van der Waals surface area contributed by atoms with Gasteiger partial charge in [-0.1, -0.05) is 58.5 Å². The van der Waals surface area contributed by atoms with E-state index >= 15 is 0 Å². The van der Waals surface area contributed by atoms with Gasteiger partial charge in [-0.25, -0.2) is 0 Å². The molecule has 0 spiro atoms. The number of H-pyrrole nitrogens is 1. The number of hydrogen-bond acceptors (Lipinski definition) is 12. The Morgan fingerprint density at radius 3 is 1.73 bits per heavy atom. The van der Waals surface area contributed by atoms with E-state index in [0.717, 1.165) is 4.57 Å². The number of nitrogens with one attached hydrogen (secondary N) is 3. The zero-order valence-electron chi connectivity index (χ0n) is 27.5. The van der Waals surface area contributed by atoms with E-state index in [1.165, 1.54) is 54.9 Å². The maximum absolute atomic E-state index is 13.9. The molecule has 9 N–H and O–H groups in total. The van der Waals surface area contributed by atoms with E-state index in [1.807, 2.05) is 0 Å². The predicted octanol–water partition coefficient (Wildman–Crippen LogP) is 5.11. The van der Waals surface area contributed by atoms with Crippen molar-refractivity contribution in [3.05, 3.63) is 109 Å². The van der Waals surface area contributed by atoms with Gasteiger partial charge in [0, 0.05) is 23.5 Å². The Kier molecular flexibility index (Phi) is 13.1. The van der Waals surface area contributed by atoms with Gasteiger partial charge in [-0.3, -0.25) is 23.7 Å². The fourth-order valence-electron chi connectivity index (χ4n) is 4.81. The van der Waals surface area contributed by atoms with Crippen LogP contribution in [0.25, 0.3) is 17.1 Å². The Bertz CT molecular complexity index is 1960. The summed E-state index contributed by atoms with van der Waals surface area (Å²) >= 11 is 25.8. The number of phenolic OH excluding ortho intramolecular Hbond substituents is 2. The molecule has 18 heteroatoms. The molecule has 0 aliphatic rings. The third-order valence-corrected chi connectivity index (χ3v) is 8.73. The normalized spacial score (nSPS) is 11.7. The van der Waals surface area contributed by atoms with E-state index < -0.39 is 35.0 Å². The number of ether oxygens (including phenoxy) is 2. The quantitative estimate of drug-likeness (QED) is 0.0616. The van der Waals surface area contributed by atoms with Crippen molar-refractivity contribution in [2.45, 2.75) is 13.8 Å². The number of aromatic hydroxyl groups is 2. The molecule has 0 bridgehead atoms. The number of esters is 2.